The number of hydrogen-bond donors (Lipinski definition) is 2. The number of carbonyl (C=O) groups is 1. The molecule has 0 aliphatic heterocycles. The lowest BCUT2D eigenvalue weighted by molar-refractivity contribution is 0.0911. The van der Waals surface area contributed by atoms with Gasteiger partial charge < -0.3 is 11.1 Å². The Hall–Kier alpha value is -0.870. The van der Waals surface area contributed by atoms with Crippen LogP contribution in [0.4, 0.5) is 0 Å². The predicted molar refractivity (Wildman–Crippen MR) is 71.3 cm³/mol. The zero-order chi connectivity index (χ0) is 12.3. The molecule has 1 aliphatic rings. The van der Waals surface area contributed by atoms with Crippen molar-refractivity contribution in [1.82, 2.24) is 5.32 Å². The van der Waals surface area contributed by atoms with Crippen LogP contribution in [0, 0.1) is 12.8 Å². The molecule has 0 aromatic carbocycles. The number of aryl methyl sites for hydroxylation is 1. The van der Waals surface area contributed by atoms with Gasteiger partial charge in [0.25, 0.3) is 5.91 Å². The standard InChI is InChI=1S/C13H20N2OS/c1-9-6-7-17-12(9)13(16)15-11-5-3-2-4-10(11)8-14/h6-7,10-11H,2-5,8,14H2,1H3,(H,15,16). The molecule has 1 aromatic heterocycles. The van der Waals surface area contributed by atoms with Crippen LogP contribution < -0.4 is 11.1 Å². The second-order valence-corrected chi connectivity index (χ2v) is 5.71. The van der Waals surface area contributed by atoms with Crippen LogP contribution in [-0.2, 0) is 0 Å². The van der Waals surface area contributed by atoms with Crippen LogP contribution in [0.1, 0.15) is 40.9 Å². The van der Waals surface area contributed by atoms with Gasteiger partial charge in [0.1, 0.15) is 0 Å². The fraction of sp³-hybridized carbons (Fsp3) is 0.615. The lowest BCUT2D eigenvalue weighted by atomic mass is 9.84. The van der Waals surface area contributed by atoms with E-state index in [-0.39, 0.29) is 11.9 Å². The maximum absolute atomic E-state index is 12.1. The Balaban J connectivity index is 2.00. The molecule has 1 aromatic rings. The van der Waals surface area contributed by atoms with Crippen molar-refractivity contribution in [3.8, 4) is 0 Å². The molecule has 3 N–H and O–H groups in total. The first kappa shape index (κ1) is 12.6. The molecule has 2 atom stereocenters. The monoisotopic (exact) mass is 252 g/mol. The molecule has 3 nitrogen and oxygen atoms in total. The highest BCUT2D eigenvalue weighted by Gasteiger charge is 2.26. The van der Waals surface area contributed by atoms with Crippen LogP contribution in [0.15, 0.2) is 11.4 Å². The van der Waals surface area contributed by atoms with E-state index in [0.29, 0.717) is 12.5 Å². The molecule has 2 rings (SSSR count). The van der Waals surface area contributed by atoms with E-state index in [2.05, 4.69) is 5.32 Å². The summed E-state index contributed by atoms with van der Waals surface area (Å²) in [6.07, 6.45) is 4.65. The third-order valence-electron chi connectivity index (χ3n) is 3.60. The minimum absolute atomic E-state index is 0.0721. The van der Waals surface area contributed by atoms with E-state index in [1.807, 2.05) is 18.4 Å². The Bertz CT molecular complexity index is 389. The highest BCUT2D eigenvalue weighted by molar-refractivity contribution is 7.12. The van der Waals surface area contributed by atoms with Gasteiger partial charge in [0.2, 0.25) is 0 Å². The summed E-state index contributed by atoms with van der Waals surface area (Å²) in [6, 6.07) is 2.25. The fourth-order valence-electron chi connectivity index (χ4n) is 2.52. The summed E-state index contributed by atoms with van der Waals surface area (Å²) in [6.45, 7) is 2.65. The van der Waals surface area contributed by atoms with E-state index in [0.717, 1.165) is 23.3 Å². The Kier molecular flexibility index (Phi) is 4.18. The van der Waals surface area contributed by atoms with E-state index in [1.54, 1.807) is 0 Å². The third-order valence-corrected chi connectivity index (χ3v) is 4.61. The molecule has 1 aliphatic carbocycles. The number of hydrogen-bond acceptors (Lipinski definition) is 3. The van der Waals surface area contributed by atoms with Crippen LogP contribution in [0.25, 0.3) is 0 Å². The molecule has 0 spiro atoms. The van der Waals surface area contributed by atoms with E-state index in [1.165, 1.54) is 24.2 Å². The normalized spacial score (nSPS) is 24.6. The molecule has 0 radical (unpaired) electrons. The van der Waals surface area contributed by atoms with Crippen molar-refractivity contribution in [3.63, 3.8) is 0 Å². The van der Waals surface area contributed by atoms with Gasteiger partial charge in [-0.3, -0.25) is 4.79 Å². The van der Waals surface area contributed by atoms with Crippen molar-refractivity contribution in [1.29, 1.82) is 0 Å². The molecule has 0 saturated heterocycles. The van der Waals surface area contributed by atoms with Crippen molar-refractivity contribution in [3.05, 3.63) is 21.9 Å². The molecule has 94 valence electrons. The van der Waals surface area contributed by atoms with Gasteiger partial charge in [0.15, 0.2) is 0 Å². The lowest BCUT2D eigenvalue weighted by Crippen LogP contribution is -2.44. The fourth-order valence-corrected chi connectivity index (χ4v) is 3.35. The topological polar surface area (TPSA) is 55.1 Å². The van der Waals surface area contributed by atoms with Gasteiger partial charge in [-0.1, -0.05) is 12.8 Å². The smallest absolute Gasteiger partial charge is 0.261 e. The zero-order valence-corrected chi connectivity index (χ0v) is 11.1. The number of nitrogens with one attached hydrogen (secondary N) is 1. The molecule has 2 unspecified atom stereocenters. The zero-order valence-electron chi connectivity index (χ0n) is 10.2. The van der Waals surface area contributed by atoms with Crippen LogP contribution in [0.2, 0.25) is 0 Å². The molecular weight excluding hydrogens is 232 g/mol. The minimum atomic E-state index is 0.0721. The SMILES string of the molecule is Cc1ccsc1C(=O)NC1CCCCC1CN. The molecule has 1 heterocycles. The maximum Gasteiger partial charge on any atom is 0.261 e. The van der Waals surface area contributed by atoms with Crippen LogP contribution >= 0.6 is 11.3 Å². The number of rotatable bonds is 3. The number of nitrogens with two attached hydrogens (primary N) is 1. The summed E-state index contributed by atoms with van der Waals surface area (Å²) in [5, 5.41) is 5.12. The first-order chi connectivity index (χ1) is 8.22. The molecule has 0 bridgehead atoms. The predicted octanol–water partition coefficient (Wildman–Crippen LogP) is 2.30. The quantitative estimate of drug-likeness (QED) is 0.867. The Morgan fingerprint density at radius 1 is 1.53 bits per heavy atom. The third kappa shape index (κ3) is 2.87. The summed E-state index contributed by atoms with van der Waals surface area (Å²) < 4.78 is 0. The van der Waals surface area contributed by atoms with Crippen molar-refractivity contribution >= 4 is 17.2 Å². The van der Waals surface area contributed by atoms with Gasteiger partial charge in [-0.25, -0.2) is 0 Å². The van der Waals surface area contributed by atoms with Crippen molar-refractivity contribution in [2.45, 2.75) is 38.6 Å². The maximum atomic E-state index is 12.1. The van der Waals surface area contributed by atoms with Gasteiger partial charge in [-0.2, -0.15) is 0 Å². The molecule has 4 heteroatoms. The number of carbonyl (C=O) groups excluding carboxylic acids is 1. The lowest BCUT2D eigenvalue weighted by Gasteiger charge is -2.31. The Morgan fingerprint density at radius 2 is 2.29 bits per heavy atom. The van der Waals surface area contributed by atoms with E-state index in [9.17, 15) is 4.79 Å². The van der Waals surface area contributed by atoms with Crippen molar-refractivity contribution < 1.29 is 4.79 Å². The second-order valence-electron chi connectivity index (χ2n) is 4.79. The van der Waals surface area contributed by atoms with Crippen molar-refractivity contribution in [2.75, 3.05) is 6.54 Å². The largest absolute Gasteiger partial charge is 0.348 e. The highest BCUT2D eigenvalue weighted by atomic mass is 32.1. The first-order valence-corrected chi connectivity index (χ1v) is 7.15. The molecule has 17 heavy (non-hydrogen) atoms. The minimum Gasteiger partial charge on any atom is -0.348 e. The summed E-state index contributed by atoms with van der Waals surface area (Å²) in [5.41, 5.74) is 6.83. The van der Waals surface area contributed by atoms with E-state index in [4.69, 9.17) is 5.73 Å². The molecule has 1 saturated carbocycles. The first-order valence-electron chi connectivity index (χ1n) is 6.27. The average molecular weight is 252 g/mol. The van der Waals surface area contributed by atoms with Gasteiger partial charge in [0.05, 0.1) is 4.88 Å². The van der Waals surface area contributed by atoms with Gasteiger partial charge >= 0.3 is 0 Å². The van der Waals surface area contributed by atoms with Crippen LogP contribution in [0.3, 0.4) is 0 Å². The summed E-state index contributed by atoms with van der Waals surface area (Å²) in [4.78, 5) is 13.0. The van der Waals surface area contributed by atoms with Gasteiger partial charge in [0, 0.05) is 6.04 Å². The molecular formula is C13H20N2OS. The van der Waals surface area contributed by atoms with Crippen molar-refractivity contribution in [2.24, 2.45) is 11.7 Å². The van der Waals surface area contributed by atoms with Gasteiger partial charge in [-0.05, 0) is 49.2 Å². The summed E-state index contributed by atoms with van der Waals surface area (Å²) >= 11 is 1.51. The van der Waals surface area contributed by atoms with E-state index < -0.39 is 0 Å². The van der Waals surface area contributed by atoms with Crippen LogP contribution in [0.5, 0.6) is 0 Å². The Labute approximate surface area is 106 Å². The second kappa shape index (κ2) is 5.65. The average Bonchev–Trinajstić information content (AvgIpc) is 2.76. The summed E-state index contributed by atoms with van der Waals surface area (Å²) in [7, 11) is 0. The molecule has 1 fully saturated rings. The van der Waals surface area contributed by atoms with Gasteiger partial charge in [-0.15, -0.1) is 11.3 Å². The Morgan fingerprint density at radius 3 is 2.94 bits per heavy atom. The highest BCUT2D eigenvalue weighted by Crippen LogP contribution is 2.24. The van der Waals surface area contributed by atoms with Crippen LogP contribution in [-0.4, -0.2) is 18.5 Å². The number of amides is 1. The van der Waals surface area contributed by atoms with E-state index >= 15 is 0 Å². The number of thiophene rings is 1. The molecule has 1 amide bonds. The summed E-state index contributed by atoms with van der Waals surface area (Å²) in [5.74, 6) is 0.524.